The molecule has 0 fully saturated rings. The van der Waals surface area contributed by atoms with E-state index in [2.05, 4.69) is 26.2 Å². The van der Waals surface area contributed by atoms with Gasteiger partial charge in [0.2, 0.25) is 0 Å². The molecule has 0 aliphatic rings. The smallest absolute Gasteiger partial charge is 0.257 e. The Morgan fingerprint density at radius 1 is 1.24 bits per heavy atom. The van der Waals surface area contributed by atoms with Gasteiger partial charge in [0.15, 0.2) is 0 Å². The van der Waals surface area contributed by atoms with Crippen LogP contribution in [0.3, 0.4) is 0 Å². The molecule has 0 saturated carbocycles. The van der Waals surface area contributed by atoms with E-state index in [0.29, 0.717) is 16.9 Å². The summed E-state index contributed by atoms with van der Waals surface area (Å²) in [6.45, 7) is 0. The molecule has 5 heteroatoms. The number of nitrogens with zero attached hydrogens (tertiary/aromatic N) is 1. The predicted octanol–water partition coefficient (Wildman–Crippen LogP) is 2.68. The number of hydrogen-bond donors (Lipinski definition) is 2. The summed E-state index contributed by atoms with van der Waals surface area (Å²) < 4.78 is 0.766. The Labute approximate surface area is 107 Å². The third-order valence-corrected chi connectivity index (χ3v) is 2.57. The van der Waals surface area contributed by atoms with Crippen LogP contribution in [0.4, 0.5) is 11.4 Å². The molecule has 0 spiro atoms. The number of nitrogen functional groups attached to an aromatic ring is 1. The summed E-state index contributed by atoms with van der Waals surface area (Å²) in [5, 5.41) is 2.76. The van der Waals surface area contributed by atoms with Gasteiger partial charge in [0.05, 0.1) is 5.56 Å². The number of aromatic nitrogens is 1. The minimum atomic E-state index is -0.205. The van der Waals surface area contributed by atoms with Gasteiger partial charge in [-0.05, 0) is 46.3 Å². The fraction of sp³-hybridized carbons (Fsp3) is 0. The first-order chi connectivity index (χ1) is 8.15. The highest BCUT2D eigenvalue weighted by Crippen LogP contribution is 2.14. The Hall–Kier alpha value is -1.88. The minimum Gasteiger partial charge on any atom is -0.399 e. The fourth-order valence-electron chi connectivity index (χ4n) is 1.31. The quantitative estimate of drug-likeness (QED) is 0.836. The molecule has 0 bridgehead atoms. The lowest BCUT2D eigenvalue weighted by Crippen LogP contribution is -2.12. The number of nitrogens with one attached hydrogen (secondary N) is 1. The highest BCUT2D eigenvalue weighted by Gasteiger charge is 2.06. The highest BCUT2D eigenvalue weighted by molar-refractivity contribution is 9.10. The summed E-state index contributed by atoms with van der Waals surface area (Å²) in [6, 6.07) is 8.67. The Morgan fingerprint density at radius 2 is 1.94 bits per heavy atom. The van der Waals surface area contributed by atoms with Crippen molar-refractivity contribution in [2.75, 3.05) is 11.1 Å². The maximum absolute atomic E-state index is 11.8. The predicted molar refractivity (Wildman–Crippen MR) is 70.7 cm³/mol. The lowest BCUT2D eigenvalue weighted by atomic mass is 10.2. The van der Waals surface area contributed by atoms with Crippen LogP contribution in [0.2, 0.25) is 0 Å². The maximum Gasteiger partial charge on any atom is 0.257 e. The zero-order chi connectivity index (χ0) is 12.3. The molecule has 86 valence electrons. The molecular formula is C12H10BrN3O. The van der Waals surface area contributed by atoms with Crippen LogP contribution < -0.4 is 11.1 Å². The van der Waals surface area contributed by atoms with Crippen molar-refractivity contribution >= 4 is 33.2 Å². The highest BCUT2D eigenvalue weighted by atomic mass is 79.9. The summed E-state index contributed by atoms with van der Waals surface area (Å²) in [7, 11) is 0. The molecule has 3 N–H and O–H groups in total. The van der Waals surface area contributed by atoms with Gasteiger partial charge < -0.3 is 11.1 Å². The Kier molecular flexibility index (Phi) is 3.39. The molecule has 0 atom stereocenters. The number of carbonyl (C=O) groups excluding carboxylic acids is 1. The van der Waals surface area contributed by atoms with Gasteiger partial charge in [0.25, 0.3) is 5.91 Å². The minimum absolute atomic E-state index is 0.205. The molecule has 1 aromatic heterocycles. The first kappa shape index (κ1) is 11.6. The van der Waals surface area contributed by atoms with E-state index in [-0.39, 0.29) is 5.91 Å². The summed E-state index contributed by atoms with van der Waals surface area (Å²) in [5.41, 5.74) is 7.41. The van der Waals surface area contributed by atoms with Crippen molar-refractivity contribution in [1.82, 2.24) is 4.98 Å². The van der Waals surface area contributed by atoms with Gasteiger partial charge in [0.1, 0.15) is 0 Å². The van der Waals surface area contributed by atoms with Crippen molar-refractivity contribution in [3.05, 3.63) is 52.8 Å². The summed E-state index contributed by atoms with van der Waals surface area (Å²) >= 11 is 3.27. The van der Waals surface area contributed by atoms with Gasteiger partial charge >= 0.3 is 0 Å². The zero-order valence-electron chi connectivity index (χ0n) is 8.85. The van der Waals surface area contributed by atoms with Gasteiger partial charge in [-0.25, -0.2) is 0 Å². The molecule has 17 heavy (non-hydrogen) atoms. The Balaban J connectivity index is 2.14. The van der Waals surface area contributed by atoms with E-state index in [4.69, 9.17) is 5.73 Å². The third kappa shape index (κ3) is 3.04. The number of rotatable bonds is 2. The molecule has 2 rings (SSSR count). The molecule has 0 aliphatic carbocycles. The molecular weight excluding hydrogens is 282 g/mol. The number of pyridine rings is 1. The molecule has 0 unspecified atom stereocenters. The van der Waals surface area contributed by atoms with Crippen molar-refractivity contribution in [2.24, 2.45) is 0 Å². The van der Waals surface area contributed by atoms with E-state index < -0.39 is 0 Å². The number of carbonyl (C=O) groups is 1. The number of benzene rings is 1. The number of nitrogens with two attached hydrogens (primary N) is 1. The van der Waals surface area contributed by atoms with Crippen molar-refractivity contribution in [1.29, 1.82) is 0 Å². The molecule has 0 aliphatic heterocycles. The monoisotopic (exact) mass is 291 g/mol. The molecule has 4 nitrogen and oxygen atoms in total. The average molecular weight is 292 g/mol. The van der Waals surface area contributed by atoms with E-state index >= 15 is 0 Å². The van der Waals surface area contributed by atoms with Crippen molar-refractivity contribution < 1.29 is 4.79 Å². The standard InChI is InChI=1S/C12H10BrN3O/c13-9-5-8(6-15-7-9)12(17)16-11-3-1-10(14)2-4-11/h1-7H,14H2,(H,16,17). The lowest BCUT2D eigenvalue weighted by molar-refractivity contribution is 0.102. The first-order valence-electron chi connectivity index (χ1n) is 4.92. The Bertz CT molecular complexity index is 540. The lowest BCUT2D eigenvalue weighted by Gasteiger charge is -2.05. The van der Waals surface area contributed by atoms with E-state index in [1.165, 1.54) is 6.20 Å². The van der Waals surface area contributed by atoms with Gasteiger partial charge in [0, 0.05) is 28.2 Å². The number of amides is 1. The second kappa shape index (κ2) is 4.97. The molecule has 1 amide bonds. The summed E-state index contributed by atoms with van der Waals surface area (Å²) in [4.78, 5) is 15.8. The van der Waals surface area contributed by atoms with Crippen LogP contribution in [0.25, 0.3) is 0 Å². The topological polar surface area (TPSA) is 68.0 Å². The van der Waals surface area contributed by atoms with Gasteiger partial charge in [-0.15, -0.1) is 0 Å². The number of halogens is 1. The van der Waals surface area contributed by atoms with Gasteiger partial charge in [-0.1, -0.05) is 0 Å². The van der Waals surface area contributed by atoms with Crippen LogP contribution in [-0.4, -0.2) is 10.9 Å². The van der Waals surface area contributed by atoms with Crippen molar-refractivity contribution in [2.45, 2.75) is 0 Å². The van der Waals surface area contributed by atoms with Crippen LogP contribution in [0.5, 0.6) is 0 Å². The van der Waals surface area contributed by atoms with E-state index in [9.17, 15) is 4.79 Å². The summed E-state index contributed by atoms with van der Waals surface area (Å²) in [6.07, 6.45) is 3.14. The van der Waals surface area contributed by atoms with Crippen LogP contribution in [0.15, 0.2) is 47.2 Å². The SMILES string of the molecule is Nc1ccc(NC(=O)c2cncc(Br)c2)cc1. The van der Waals surface area contributed by atoms with Gasteiger partial charge in [-0.3, -0.25) is 9.78 Å². The molecule has 1 aromatic carbocycles. The number of hydrogen-bond acceptors (Lipinski definition) is 3. The second-order valence-corrected chi connectivity index (χ2v) is 4.38. The molecule has 0 saturated heterocycles. The molecule has 0 radical (unpaired) electrons. The summed E-state index contributed by atoms with van der Waals surface area (Å²) in [5.74, 6) is -0.205. The second-order valence-electron chi connectivity index (χ2n) is 3.47. The van der Waals surface area contributed by atoms with Crippen LogP contribution in [0.1, 0.15) is 10.4 Å². The van der Waals surface area contributed by atoms with Crippen LogP contribution >= 0.6 is 15.9 Å². The normalized spacial score (nSPS) is 9.94. The van der Waals surface area contributed by atoms with Crippen LogP contribution in [0, 0.1) is 0 Å². The van der Waals surface area contributed by atoms with E-state index in [1.54, 1.807) is 36.5 Å². The third-order valence-electron chi connectivity index (χ3n) is 2.14. The fourth-order valence-corrected chi connectivity index (χ4v) is 1.67. The largest absolute Gasteiger partial charge is 0.399 e. The average Bonchev–Trinajstić information content (AvgIpc) is 2.32. The Morgan fingerprint density at radius 3 is 2.59 bits per heavy atom. The first-order valence-corrected chi connectivity index (χ1v) is 5.72. The van der Waals surface area contributed by atoms with E-state index in [0.717, 1.165) is 4.47 Å². The van der Waals surface area contributed by atoms with Crippen LogP contribution in [-0.2, 0) is 0 Å². The zero-order valence-corrected chi connectivity index (χ0v) is 10.4. The van der Waals surface area contributed by atoms with E-state index in [1.807, 2.05) is 0 Å². The maximum atomic E-state index is 11.8. The number of anilines is 2. The molecule has 1 heterocycles. The van der Waals surface area contributed by atoms with Gasteiger partial charge in [-0.2, -0.15) is 0 Å². The van der Waals surface area contributed by atoms with Crippen molar-refractivity contribution in [3.63, 3.8) is 0 Å². The molecule has 2 aromatic rings. The van der Waals surface area contributed by atoms with Crippen molar-refractivity contribution in [3.8, 4) is 0 Å².